The first-order valence-electron chi connectivity index (χ1n) is 5.76. The van der Waals surface area contributed by atoms with Crippen molar-refractivity contribution in [2.24, 2.45) is 4.99 Å². The maximum Gasteiger partial charge on any atom is 0.433 e. The molecular formula is C12H13N5O3. The molecule has 2 heterocycles. The maximum absolute atomic E-state index is 10.6. The molecule has 0 unspecified atom stereocenters. The zero-order chi connectivity index (χ0) is 14.7. The minimum atomic E-state index is -0.607. The lowest BCUT2D eigenvalue weighted by molar-refractivity contribution is -0.401. The van der Waals surface area contributed by atoms with E-state index in [1.807, 2.05) is 14.1 Å². The Morgan fingerprint density at radius 1 is 1.40 bits per heavy atom. The summed E-state index contributed by atoms with van der Waals surface area (Å²) in [6.07, 6.45) is 1.61. The van der Waals surface area contributed by atoms with Crippen molar-refractivity contribution in [2.75, 3.05) is 14.1 Å². The second-order valence-electron chi connectivity index (χ2n) is 4.29. The monoisotopic (exact) mass is 275 g/mol. The molecule has 0 aliphatic rings. The first kappa shape index (κ1) is 13.7. The summed E-state index contributed by atoms with van der Waals surface area (Å²) in [5.74, 6) is 0.620. The fraction of sp³-hybridized carbons (Fsp3) is 0.250. The average Bonchev–Trinajstić information content (AvgIpc) is 2.85. The van der Waals surface area contributed by atoms with Crippen LogP contribution in [0.25, 0.3) is 11.6 Å². The van der Waals surface area contributed by atoms with Crippen molar-refractivity contribution in [3.8, 4) is 11.6 Å². The first-order chi connectivity index (χ1) is 9.45. The van der Waals surface area contributed by atoms with Gasteiger partial charge in [-0.2, -0.15) is 0 Å². The summed E-state index contributed by atoms with van der Waals surface area (Å²) >= 11 is 0. The topological polar surface area (TPSA) is 97.7 Å². The second kappa shape index (κ2) is 5.47. The van der Waals surface area contributed by atoms with Crippen LogP contribution in [0.4, 0.5) is 11.7 Å². The van der Waals surface area contributed by atoms with E-state index in [4.69, 9.17) is 4.42 Å². The van der Waals surface area contributed by atoms with E-state index in [1.54, 1.807) is 24.2 Å². The van der Waals surface area contributed by atoms with Crippen LogP contribution >= 0.6 is 0 Å². The lowest BCUT2D eigenvalue weighted by atomic mass is 10.3. The number of aromatic nitrogens is 2. The fourth-order valence-corrected chi connectivity index (χ4v) is 1.45. The summed E-state index contributed by atoms with van der Waals surface area (Å²) in [5, 5.41) is 10.6. The van der Waals surface area contributed by atoms with Crippen LogP contribution in [0.2, 0.25) is 0 Å². The Labute approximate surface area is 114 Å². The van der Waals surface area contributed by atoms with Crippen molar-refractivity contribution in [3.63, 3.8) is 0 Å². The zero-order valence-electron chi connectivity index (χ0n) is 11.3. The average molecular weight is 275 g/mol. The standard InChI is InChI=1S/C12H13N5O3/c1-8-6-10(13-7-16(2)3)15-12(14-8)9-4-5-11(20-9)17(18)19/h4-7H,1-3H3/b13-7-. The van der Waals surface area contributed by atoms with Gasteiger partial charge in [-0.15, -0.1) is 0 Å². The maximum atomic E-state index is 10.6. The smallest absolute Gasteiger partial charge is 0.397 e. The van der Waals surface area contributed by atoms with Crippen molar-refractivity contribution in [1.82, 2.24) is 14.9 Å². The molecule has 20 heavy (non-hydrogen) atoms. The molecule has 0 aliphatic carbocycles. The third-order valence-corrected chi connectivity index (χ3v) is 2.25. The van der Waals surface area contributed by atoms with E-state index in [0.717, 1.165) is 0 Å². The molecule has 0 fully saturated rings. The Hall–Kier alpha value is -2.77. The van der Waals surface area contributed by atoms with Crippen LogP contribution in [-0.2, 0) is 0 Å². The lowest BCUT2D eigenvalue weighted by Gasteiger charge is -2.03. The van der Waals surface area contributed by atoms with Crippen molar-refractivity contribution in [1.29, 1.82) is 0 Å². The molecule has 0 amide bonds. The van der Waals surface area contributed by atoms with E-state index in [1.165, 1.54) is 12.1 Å². The summed E-state index contributed by atoms with van der Waals surface area (Å²) in [7, 11) is 3.68. The van der Waals surface area contributed by atoms with E-state index < -0.39 is 4.92 Å². The number of nitro groups is 1. The van der Waals surface area contributed by atoms with Gasteiger partial charge >= 0.3 is 5.88 Å². The van der Waals surface area contributed by atoms with Crippen molar-refractivity contribution in [2.45, 2.75) is 6.92 Å². The van der Waals surface area contributed by atoms with Crippen LogP contribution < -0.4 is 0 Å². The van der Waals surface area contributed by atoms with Gasteiger partial charge in [-0.3, -0.25) is 10.1 Å². The number of hydrogen-bond donors (Lipinski definition) is 0. The van der Waals surface area contributed by atoms with Crippen LogP contribution in [0.15, 0.2) is 27.6 Å². The van der Waals surface area contributed by atoms with Gasteiger partial charge in [-0.25, -0.2) is 15.0 Å². The number of nitrogens with zero attached hydrogens (tertiary/aromatic N) is 5. The predicted octanol–water partition coefficient (Wildman–Crippen LogP) is 2.17. The minimum Gasteiger partial charge on any atom is -0.397 e. The van der Waals surface area contributed by atoms with Gasteiger partial charge in [0.25, 0.3) is 0 Å². The molecule has 0 aliphatic heterocycles. The fourth-order valence-electron chi connectivity index (χ4n) is 1.45. The highest BCUT2D eigenvalue weighted by Crippen LogP contribution is 2.25. The van der Waals surface area contributed by atoms with Crippen molar-refractivity contribution < 1.29 is 9.34 Å². The van der Waals surface area contributed by atoms with Crippen LogP contribution in [-0.4, -0.2) is 40.2 Å². The minimum absolute atomic E-state index is 0.238. The number of rotatable bonds is 4. The van der Waals surface area contributed by atoms with E-state index in [-0.39, 0.29) is 17.5 Å². The summed E-state index contributed by atoms with van der Waals surface area (Å²) in [6.45, 7) is 1.79. The molecule has 0 saturated carbocycles. The molecule has 0 aromatic carbocycles. The largest absolute Gasteiger partial charge is 0.433 e. The molecule has 2 rings (SSSR count). The van der Waals surface area contributed by atoms with Crippen LogP contribution in [0, 0.1) is 17.0 Å². The molecule has 8 heteroatoms. The van der Waals surface area contributed by atoms with E-state index >= 15 is 0 Å². The number of hydrogen-bond acceptors (Lipinski definition) is 6. The third kappa shape index (κ3) is 3.16. The van der Waals surface area contributed by atoms with E-state index in [9.17, 15) is 10.1 Å². The van der Waals surface area contributed by atoms with Gasteiger partial charge in [-0.05, 0) is 13.0 Å². The highest BCUT2D eigenvalue weighted by molar-refractivity contribution is 5.60. The molecule has 2 aromatic rings. The van der Waals surface area contributed by atoms with E-state index in [2.05, 4.69) is 15.0 Å². The number of furan rings is 1. The normalized spacial score (nSPS) is 10.9. The summed E-state index contributed by atoms with van der Waals surface area (Å²) in [4.78, 5) is 24.3. The Morgan fingerprint density at radius 2 is 2.15 bits per heavy atom. The predicted molar refractivity (Wildman–Crippen MR) is 73.0 cm³/mol. The Kier molecular flexibility index (Phi) is 3.74. The molecule has 0 atom stereocenters. The highest BCUT2D eigenvalue weighted by Gasteiger charge is 2.15. The second-order valence-corrected chi connectivity index (χ2v) is 4.29. The molecule has 0 N–H and O–H groups in total. The molecule has 0 spiro atoms. The Morgan fingerprint density at radius 3 is 2.75 bits per heavy atom. The molecule has 104 valence electrons. The lowest BCUT2D eigenvalue weighted by Crippen LogP contribution is -2.07. The van der Waals surface area contributed by atoms with Crippen molar-refractivity contribution >= 4 is 18.0 Å². The van der Waals surface area contributed by atoms with Gasteiger partial charge in [0.2, 0.25) is 0 Å². The van der Waals surface area contributed by atoms with Crippen molar-refractivity contribution in [3.05, 3.63) is 34.0 Å². The molecule has 0 radical (unpaired) electrons. The van der Waals surface area contributed by atoms with Gasteiger partial charge in [0.05, 0.1) is 12.4 Å². The Bertz CT molecular complexity index is 663. The third-order valence-electron chi connectivity index (χ3n) is 2.25. The van der Waals surface area contributed by atoms with E-state index in [0.29, 0.717) is 11.5 Å². The highest BCUT2D eigenvalue weighted by atomic mass is 16.6. The molecule has 8 nitrogen and oxygen atoms in total. The Balaban J connectivity index is 2.38. The van der Waals surface area contributed by atoms with Gasteiger partial charge in [0.1, 0.15) is 4.92 Å². The summed E-state index contributed by atoms with van der Waals surface area (Å²) in [5.41, 5.74) is 0.694. The van der Waals surface area contributed by atoms with Gasteiger partial charge in [0, 0.05) is 25.9 Å². The van der Waals surface area contributed by atoms with Gasteiger partial charge in [-0.1, -0.05) is 0 Å². The van der Waals surface area contributed by atoms with Gasteiger partial charge in [0.15, 0.2) is 17.4 Å². The molecule has 2 aromatic heterocycles. The summed E-state index contributed by atoms with van der Waals surface area (Å²) < 4.78 is 5.08. The SMILES string of the molecule is Cc1cc(/N=C\N(C)C)nc(-c2ccc([N+](=O)[O-])o2)n1. The number of aliphatic imine (C=N–C) groups is 1. The summed E-state index contributed by atoms with van der Waals surface area (Å²) in [6, 6.07) is 4.44. The van der Waals surface area contributed by atoms with Crippen LogP contribution in [0.5, 0.6) is 0 Å². The van der Waals surface area contributed by atoms with Gasteiger partial charge < -0.3 is 9.32 Å². The molecule has 0 bridgehead atoms. The van der Waals surface area contributed by atoms with Crippen LogP contribution in [0.1, 0.15) is 5.69 Å². The zero-order valence-corrected chi connectivity index (χ0v) is 11.3. The number of aryl methyl sites for hydroxylation is 1. The first-order valence-corrected chi connectivity index (χ1v) is 5.76. The molecule has 0 saturated heterocycles. The quantitative estimate of drug-likeness (QED) is 0.367. The molecular weight excluding hydrogens is 262 g/mol. The van der Waals surface area contributed by atoms with Crippen LogP contribution in [0.3, 0.4) is 0 Å².